The molecule has 1 aliphatic heterocycles. The van der Waals surface area contributed by atoms with Crippen molar-refractivity contribution in [3.63, 3.8) is 0 Å². The first kappa shape index (κ1) is 18.0. The summed E-state index contributed by atoms with van der Waals surface area (Å²) in [6.07, 6.45) is 7.02. The minimum Gasteiger partial charge on any atom is -0.376 e. The van der Waals surface area contributed by atoms with E-state index in [0.29, 0.717) is 11.8 Å². The number of carbonyl (C=O) groups is 1. The summed E-state index contributed by atoms with van der Waals surface area (Å²) in [5.41, 5.74) is 0. The molecule has 6 nitrogen and oxygen atoms in total. The Balaban J connectivity index is 1.44. The second kappa shape index (κ2) is 8.54. The number of rotatable bonds is 7. The molecule has 1 saturated heterocycles. The van der Waals surface area contributed by atoms with Crippen LogP contribution in [-0.2, 0) is 16.1 Å². The van der Waals surface area contributed by atoms with Gasteiger partial charge in [-0.05, 0) is 37.1 Å². The number of hydrogen-bond donors (Lipinski definition) is 1. The van der Waals surface area contributed by atoms with Crippen molar-refractivity contribution in [2.24, 2.45) is 0 Å². The molecule has 1 atom stereocenters. The van der Waals surface area contributed by atoms with E-state index in [2.05, 4.69) is 26.1 Å². The minimum absolute atomic E-state index is 0.0891. The first-order chi connectivity index (χ1) is 12.8. The van der Waals surface area contributed by atoms with Crippen molar-refractivity contribution in [2.75, 3.05) is 12.4 Å². The topological polar surface area (TPSA) is 69.0 Å². The van der Waals surface area contributed by atoms with Crippen LogP contribution < -0.4 is 5.32 Å². The lowest BCUT2D eigenvalue weighted by atomic mass is 10.2. The summed E-state index contributed by atoms with van der Waals surface area (Å²) in [5, 5.41) is 14.7. The number of nitrogens with one attached hydrogen (secondary N) is 1. The lowest BCUT2D eigenvalue weighted by Gasteiger charge is -2.15. The molecule has 2 fully saturated rings. The normalized spacial score (nSPS) is 20.7. The SMILES string of the molecule is O=C(CSc1nnc(-c2cccs2)n1C[C@H]1CCCO1)NC1CCCC1. The summed E-state index contributed by atoms with van der Waals surface area (Å²) in [6.45, 7) is 1.57. The number of aromatic nitrogens is 3. The molecule has 8 heteroatoms. The van der Waals surface area contributed by atoms with E-state index in [0.717, 1.165) is 54.7 Å². The molecule has 1 N–H and O–H groups in total. The summed E-state index contributed by atoms with van der Waals surface area (Å²) >= 11 is 3.12. The van der Waals surface area contributed by atoms with E-state index in [1.807, 2.05) is 11.4 Å². The summed E-state index contributed by atoms with van der Waals surface area (Å²) in [7, 11) is 0. The van der Waals surface area contributed by atoms with Crippen LogP contribution in [0.2, 0.25) is 0 Å². The molecule has 26 heavy (non-hydrogen) atoms. The predicted octanol–water partition coefficient (Wildman–Crippen LogP) is 3.34. The fraction of sp³-hybridized carbons (Fsp3) is 0.611. The van der Waals surface area contributed by atoms with Gasteiger partial charge in [0.15, 0.2) is 11.0 Å². The van der Waals surface area contributed by atoms with Crippen molar-refractivity contribution in [1.29, 1.82) is 0 Å². The van der Waals surface area contributed by atoms with Crippen LogP contribution in [0.15, 0.2) is 22.7 Å². The molecule has 1 aliphatic carbocycles. The lowest BCUT2D eigenvalue weighted by molar-refractivity contribution is -0.119. The maximum Gasteiger partial charge on any atom is 0.230 e. The van der Waals surface area contributed by atoms with E-state index in [-0.39, 0.29) is 12.0 Å². The molecule has 1 saturated carbocycles. The van der Waals surface area contributed by atoms with Crippen LogP contribution in [0.25, 0.3) is 10.7 Å². The second-order valence-electron chi connectivity index (χ2n) is 6.87. The van der Waals surface area contributed by atoms with Gasteiger partial charge in [-0.2, -0.15) is 0 Å². The number of thiophene rings is 1. The zero-order chi connectivity index (χ0) is 17.8. The first-order valence-corrected chi connectivity index (χ1v) is 11.2. The van der Waals surface area contributed by atoms with Crippen LogP contribution in [0.4, 0.5) is 0 Å². The zero-order valence-corrected chi connectivity index (χ0v) is 16.4. The van der Waals surface area contributed by atoms with Gasteiger partial charge < -0.3 is 10.1 Å². The number of carbonyl (C=O) groups excluding carboxylic acids is 1. The van der Waals surface area contributed by atoms with Crippen LogP contribution in [-0.4, -0.2) is 45.2 Å². The Labute approximate surface area is 161 Å². The Hall–Kier alpha value is -1.38. The molecule has 1 amide bonds. The predicted molar refractivity (Wildman–Crippen MR) is 103 cm³/mol. The number of nitrogens with zero attached hydrogens (tertiary/aromatic N) is 3. The van der Waals surface area contributed by atoms with Gasteiger partial charge in [0.2, 0.25) is 5.91 Å². The molecule has 0 unspecified atom stereocenters. The van der Waals surface area contributed by atoms with Gasteiger partial charge in [-0.1, -0.05) is 30.7 Å². The molecule has 0 aromatic carbocycles. The molecule has 140 valence electrons. The third-order valence-electron chi connectivity index (χ3n) is 4.92. The summed E-state index contributed by atoms with van der Waals surface area (Å²) < 4.78 is 7.93. The van der Waals surface area contributed by atoms with Crippen LogP contribution >= 0.6 is 23.1 Å². The third-order valence-corrected chi connectivity index (χ3v) is 6.75. The molecule has 0 bridgehead atoms. The average Bonchev–Trinajstić information content (AvgIpc) is 3.42. The van der Waals surface area contributed by atoms with Gasteiger partial charge in [0.25, 0.3) is 0 Å². The third kappa shape index (κ3) is 4.29. The van der Waals surface area contributed by atoms with Crippen molar-refractivity contribution in [1.82, 2.24) is 20.1 Å². The molecular weight excluding hydrogens is 368 g/mol. The van der Waals surface area contributed by atoms with Crippen molar-refractivity contribution < 1.29 is 9.53 Å². The van der Waals surface area contributed by atoms with Gasteiger partial charge in [0, 0.05) is 12.6 Å². The maximum atomic E-state index is 12.3. The number of thioether (sulfide) groups is 1. The molecule has 2 aliphatic rings. The van der Waals surface area contributed by atoms with E-state index in [9.17, 15) is 4.79 Å². The van der Waals surface area contributed by atoms with Crippen LogP contribution in [0.3, 0.4) is 0 Å². The van der Waals surface area contributed by atoms with Gasteiger partial charge in [0.05, 0.1) is 23.3 Å². The zero-order valence-electron chi connectivity index (χ0n) is 14.7. The Kier molecular flexibility index (Phi) is 5.91. The van der Waals surface area contributed by atoms with Crippen LogP contribution in [0, 0.1) is 0 Å². The van der Waals surface area contributed by atoms with Crippen molar-refractivity contribution in [2.45, 2.75) is 62.4 Å². The summed E-state index contributed by atoms with van der Waals surface area (Å²) in [5.74, 6) is 1.34. The fourth-order valence-corrected chi connectivity index (χ4v) is 5.09. The van der Waals surface area contributed by atoms with Gasteiger partial charge in [0.1, 0.15) is 0 Å². The molecule has 3 heterocycles. The molecule has 0 spiro atoms. The number of amides is 1. The van der Waals surface area contributed by atoms with Gasteiger partial charge >= 0.3 is 0 Å². The van der Waals surface area contributed by atoms with E-state index < -0.39 is 0 Å². The molecule has 2 aromatic rings. The largest absolute Gasteiger partial charge is 0.376 e. The van der Waals surface area contributed by atoms with Crippen LogP contribution in [0.1, 0.15) is 38.5 Å². The minimum atomic E-state index is 0.0891. The first-order valence-electron chi connectivity index (χ1n) is 9.30. The van der Waals surface area contributed by atoms with Crippen molar-refractivity contribution in [3.05, 3.63) is 17.5 Å². The number of hydrogen-bond acceptors (Lipinski definition) is 6. The highest BCUT2D eigenvalue weighted by molar-refractivity contribution is 7.99. The van der Waals surface area contributed by atoms with Gasteiger partial charge in [-0.25, -0.2) is 0 Å². The van der Waals surface area contributed by atoms with E-state index in [1.54, 1.807) is 11.3 Å². The van der Waals surface area contributed by atoms with Gasteiger partial charge in [-0.15, -0.1) is 21.5 Å². The molecule has 0 radical (unpaired) electrons. The summed E-state index contributed by atoms with van der Waals surface area (Å²) in [4.78, 5) is 13.3. The Morgan fingerprint density at radius 3 is 2.92 bits per heavy atom. The quantitative estimate of drug-likeness (QED) is 0.732. The van der Waals surface area contributed by atoms with Crippen molar-refractivity contribution in [3.8, 4) is 10.7 Å². The van der Waals surface area contributed by atoms with E-state index >= 15 is 0 Å². The standard InChI is InChI=1S/C18H24N4O2S2/c23-16(19-13-5-1-2-6-13)12-26-18-21-20-17(15-8-4-10-25-15)22(18)11-14-7-3-9-24-14/h4,8,10,13-14H,1-3,5-7,9,11-12H2,(H,19,23)/t14-/m1/s1. The molecular formula is C18H24N4O2S2. The molecule has 2 aromatic heterocycles. The maximum absolute atomic E-state index is 12.3. The lowest BCUT2D eigenvalue weighted by Crippen LogP contribution is -2.33. The Bertz CT molecular complexity index is 720. The summed E-state index contributed by atoms with van der Waals surface area (Å²) in [6, 6.07) is 4.43. The smallest absolute Gasteiger partial charge is 0.230 e. The fourth-order valence-electron chi connectivity index (χ4n) is 3.61. The van der Waals surface area contributed by atoms with Crippen LogP contribution in [0.5, 0.6) is 0 Å². The highest BCUT2D eigenvalue weighted by atomic mass is 32.2. The number of ether oxygens (including phenoxy) is 1. The van der Waals surface area contributed by atoms with Crippen molar-refractivity contribution >= 4 is 29.0 Å². The monoisotopic (exact) mass is 392 g/mol. The average molecular weight is 393 g/mol. The Morgan fingerprint density at radius 1 is 1.31 bits per heavy atom. The van der Waals surface area contributed by atoms with Gasteiger partial charge in [-0.3, -0.25) is 9.36 Å². The Morgan fingerprint density at radius 2 is 2.19 bits per heavy atom. The highest BCUT2D eigenvalue weighted by Gasteiger charge is 2.23. The molecule has 4 rings (SSSR count). The second-order valence-corrected chi connectivity index (χ2v) is 8.76. The van der Waals surface area contributed by atoms with E-state index in [4.69, 9.17) is 4.74 Å². The van der Waals surface area contributed by atoms with E-state index in [1.165, 1.54) is 24.6 Å². The highest BCUT2D eigenvalue weighted by Crippen LogP contribution is 2.29.